The van der Waals surface area contributed by atoms with Crippen molar-refractivity contribution in [2.24, 2.45) is 0 Å². The average Bonchev–Trinajstić information content (AvgIpc) is 2.68. The molecule has 0 saturated heterocycles. The molecule has 0 spiro atoms. The zero-order valence-corrected chi connectivity index (χ0v) is 7.60. The van der Waals surface area contributed by atoms with E-state index in [4.69, 9.17) is 5.11 Å². The van der Waals surface area contributed by atoms with Crippen molar-refractivity contribution >= 4 is 11.5 Å². The van der Waals surface area contributed by atoms with Crippen molar-refractivity contribution in [3.63, 3.8) is 0 Å². The van der Waals surface area contributed by atoms with E-state index in [1.54, 1.807) is 6.20 Å². The summed E-state index contributed by atoms with van der Waals surface area (Å²) in [5.74, 6) is -0.799. The molecule has 3 heteroatoms. The molecular formula is C11H11NO2. The maximum absolute atomic E-state index is 10.7. The van der Waals surface area contributed by atoms with E-state index in [9.17, 15) is 4.79 Å². The molecular weight excluding hydrogens is 178 g/mol. The lowest BCUT2D eigenvalue weighted by molar-refractivity contribution is -0.138. The molecule has 2 N–H and O–H groups in total. The molecule has 0 bridgehead atoms. The van der Waals surface area contributed by atoms with Crippen molar-refractivity contribution in [2.45, 2.75) is 12.5 Å². The molecule has 0 saturated carbocycles. The Balaban J connectivity index is 2.13. The first kappa shape index (κ1) is 8.81. The normalized spacial score (nSPS) is 20.0. The van der Waals surface area contributed by atoms with E-state index in [0.29, 0.717) is 6.42 Å². The van der Waals surface area contributed by atoms with Gasteiger partial charge in [0.15, 0.2) is 0 Å². The second-order valence-corrected chi connectivity index (χ2v) is 3.30. The number of nitrogens with one attached hydrogen (secondary N) is 1. The number of carboxylic acid groups (broad SMARTS) is 1. The highest BCUT2D eigenvalue weighted by atomic mass is 16.4. The predicted molar refractivity (Wildman–Crippen MR) is 53.6 cm³/mol. The maximum Gasteiger partial charge on any atom is 0.326 e. The summed E-state index contributed by atoms with van der Waals surface area (Å²) in [6.07, 6.45) is 2.34. The van der Waals surface area contributed by atoms with Crippen molar-refractivity contribution in [1.29, 1.82) is 0 Å². The number of hydrogen-bond donors (Lipinski definition) is 2. The van der Waals surface area contributed by atoms with E-state index in [1.807, 2.05) is 30.3 Å². The highest BCUT2D eigenvalue weighted by Gasteiger charge is 2.23. The van der Waals surface area contributed by atoms with Crippen LogP contribution in [-0.2, 0) is 4.79 Å². The lowest BCUT2D eigenvalue weighted by Crippen LogP contribution is -2.28. The van der Waals surface area contributed by atoms with Gasteiger partial charge in [0.1, 0.15) is 6.04 Å². The Hall–Kier alpha value is -1.77. The number of carbonyl (C=O) groups is 1. The summed E-state index contributed by atoms with van der Waals surface area (Å²) in [5, 5.41) is 11.6. The lowest BCUT2D eigenvalue weighted by atomic mass is 10.0. The molecule has 14 heavy (non-hydrogen) atoms. The first-order valence-corrected chi connectivity index (χ1v) is 4.50. The van der Waals surface area contributed by atoms with Crippen LogP contribution >= 0.6 is 0 Å². The fraction of sp³-hybridized carbons (Fsp3) is 0.182. The zero-order valence-electron chi connectivity index (χ0n) is 7.60. The van der Waals surface area contributed by atoms with E-state index in [-0.39, 0.29) is 0 Å². The van der Waals surface area contributed by atoms with Crippen LogP contribution in [0, 0.1) is 0 Å². The van der Waals surface area contributed by atoms with Gasteiger partial charge in [-0.05, 0) is 11.1 Å². The molecule has 1 aliphatic heterocycles. The third-order valence-electron chi connectivity index (χ3n) is 2.33. The standard InChI is InChI=1S/C11H11NO2/c13-11(14)10-6-9(7-12-10)8-4-2-1-3-5-8/h1-5,7,10,12H,6H2,(H,13,14)/t10-/m0/s1. The van der Waals surface area contributed by atoms with Gasteiger partial charge in [-0.2, -0.15) is 0 Å². The molecule has 1 aliphatic rings. The van der Waals surface area contributed by atoms with Gasteiger partial charge in [0.2, 0.25) is 0 Å². The largest absolute Gasteiger partial charge is 0.480 e. The minimum absolute atomic E-state index is 0.467. The number of benzene rings is 1. The van der Waals surface area contributed by atoms with Crippen molar-refractivity contribution < 1.29 is 9.90 Å². The molecule has 72 valence electrons. The van der Waals surface area contributed by atoms with Crippen LogP contribution in [0.15, 0.2) is 36.5 Å². The average molecular weight is 189 g/mol. The quantitative estimate of drug-likeness (QED) is 0.740. The third kappa shape index (κ3) is 1.62. The Morgan fingerprint density at radius 1 is 1.36 bits per heavy atom. The Morgan fingerprint density at radius 3 is 2.64 bits per heavy atom. The van der Waals surface area contributed by atoms with Crippen LogP contribution in [0.2, 0.25) is 0 Å². The molecule has 0 unspecified atom stereocenters. The SMILES string of the molecule is O=C(O)[C@@H]1CC(c2ccccc2)=CN1. The van der Waals surface area contributed by atoms with Crippen LogP contribution in [0.4, 0.5) is 0 Å². The van der Waals surface area contributed by atoms with Crippen molar-refractivity contribution in [1.82, 2.24) is 5.32 Å². The van der Waals surface area contributed by atoms with Gasteiger partial charge in [-0.25, -0.2) is 4.79 Å². The highest BCUT2D eigenvalue weighted by molar-refractivity contribution is 5.80. The minimum atomic E-state index is -0.799. The molecule has 0 aromatic heterocycles. The van der Waals surface area contributed by atoms with Gasteiger partial charge in [0.25, 0.3) is 0 Å². The molecule has 1 atom stereocenters. The van der Waals surface area contributed by atoms with Gasteiger partial charge >= 0.3 is 5.97 Å². The molecule has 0 aliphatic carbocycles. The summed E-state index contributed by atoms with van der Waals surface area (Å²) in [6, 6.07) is 9.34. The molecule has 1 aromatic rings. The van der Waals surface area contributed by atoms with Crippen molar-refractivity contribution in [2.75, 3.05) is 0 Å². The maximum atomic E-state index is 10.7. The van der Waals surface area contributed by atoms with Gasteiger partial charge in [-0.3, -0.25) is 0 Å². The van der Waals surface area contributed by atoms with Gasteiger partial charge < -0.3 is 10.4 Å². The van der Waals surface area contributed by atoms with E-state index in [0.717, 1.165) is 11.1 Å². The highest BCUT2D eigenvalue weighted by Crippen LogP contribution is 2.23. The Labute approximate surface area is 82.1 Å². The molecule has 1 heterocycles. The van der Waals surface area contributed by atoms with Crippen molar-refractivity contribution in [3.05, 3.63) is 42.1 Å². The van der Waals surface area contributed by atoms with E-state index < -0.39 is 12.0 Å². The second-order valence-electron chi connectivity index (χ2n) is 3.30. The Bertz CT molecular complexity index is 370. The second kappa shape index (κ2) is 3.54. The van der Waals surface area contributed by atoms with Crippen LogP contribution in [0.5, 0.6) is 0 Å². The zero-order chi connectivity index (χ0) is 9.97. The first-order valence-electron chi connectivity index (χ1n) is 4.50. The smallest absolute Gasteiger partial charge is 0.326 e. The molecule has 0 amide bonds. The number of carboxylic acids is 1. The monoisotopic (exact) mass is 189 g/mol. The lowest BCUT2D eigenvalue weighted by Gasteiger charge is -2.04. The van der Waals surface area contributed by atoms with Crippen molar-refractivity contribution in [3.8, 4) is 0 Å². The third-order valence-corrected chi connectivity index (χ3v) is 2.33. The summed E-state index contributed by atoms with van der Waals surface area (Å²) in [5.41, 5.74) is 2.14. The van der Waals surface area contributed by atoms with Crippen LogP contribution in [0.25, 0.3) is 5.57 Å². The summed E-state index contributed by atoms with van der Waals surface area (Å²) >= 11 is 0. The minimum Gasteiger partial charge on any atom is -0.480 e. The van der Waals surface area contributed by atoms with Crippen LogP contribution in [-0.4, -0.2) is 17.1 Å². The summed E-state index contributed by atoms with van der Waals surface area (Å²) in [4.78, 5) is 10.7. The van der Waals surface area contributed by atoms with Crippen LogP contribution in [0.3, 0.4) is 0 Å². The fourth-order valence-electron chi connectivity index (χ4n) is 1.55. The summed E-state index contributed by atoms with van der Waals surface area (Å²) in [6.45, 7) is 0. The Kier molecular flexibility index (Phi) is 2.23. The Morgan fingerprint density at radius 2 is 2.07 bits per heavy atom. The predicted octanol–water partition coefficient (Wildman–Crippen LogP) is 1.47. The van der Waals surface area contributed by atoms with Gasteiger partial charge in [-0.1, -0.05) is 30.3 Å². The van der Waals surface area contributed by atoms with Crippen LogP contribution in [0.1, 0.15) is 12.0 Å². The van der Waals surface area contributed by atoms with E-state index >= 15 is 0 Å². The fourth-order valence-corrected chi connectivity index (χ4v) is 1.55. The number of rotatable bonds is 2. The number of aliphatic carboxylic acids is 1. The summed E-state index contributed by atoms with van der Waals surface area (Å²) < 4.78 is 0. The topological polar surface area (TPSA) is 49.3 Å². The summed E-state index contributed by atoms with van der Waals surface area (Å²) in [7, 11) is 0. The molecule has 3 nitrogen and oxygen atoms in total. The molecule has 0 radical (unpaired) electrons. The molecule has 2 rings (SSSR count). The van der Waals surface area contributed by atoms with Crippen LogP contribution < -0.4 is 5.32 Å². The first-order chi connectivity index (χ1) is 6.77. The molecule has 0 fully saturated rings. The van der Waals surface area contributed by atoms with Gasteiger partial charge in [0.05, 0.1) is 0 Å². The van der Waals surface area contributed by atoms with Gasteiger partial charge in [0, 0.05) is 12.6 Å². The van der Waals surface area contributed by atoms with E-state index in [2.05, 4.69) is 5.32 Å². The van der Waals surface area contributed by atoms with Gasteiger partial charge in [-0.15, -0.1) is 0 Å². The van der Waals surface area contributed by atoms with E-state index in [1.165, 1.54) is 0 Å². The number of hydrogen-bond acceptors (Lipinski definition) is 2. The molecule has 1 aromatic carbocycles.